The summed E-state index contributed by atoms with van der Waals surface area (Å²) < 4.78 is 0. The zero-order valence-electron chi connectivity index (χ0n) is 9.40. The van der Waals surface area contributed by atoms with Crippen molar-refractivity contribution in [3.8, 4) is 11.1 Å². The van der Waals surface area contributed by atoms with E-state index < -0.39 is 0 Å². The number of rotatable bonds is 2. The van der Waals surface area contributed by atoms with Crippen molar-refractivity contribution < 1.29 is 4.79 Å². The number of carbonyl (C=O) groups excluding carboxylic acids is 1. The summed E-state index contributed by atoms with van der Waals surface area (Å²) in [7, 11) is 0. The molecule has 0 saturated carbocycles. The minimum Gasteiger partial charge on any atom is -0.298 e. The first kappa shape index (κ1) is 10.6. The average molecular weight is 211 g/mol. The second kappa shape index (κ2) is 4.27. The highest BCUT2D eigenvalue weighted by Gasteiger charge is 2.00. The third-order valence-electron chi connectivity index (χ3n) is 2.72. The molecular formula is C14H13NO. The average Bonchev–Trinajstić information content (AvgIpc) is 2.33. The maximum Gasteiger partial charge on any atom is 0.150 e. The summed E-state index contributed by atoms with van der Waals surface area (Å²) in [5.74, 6) is 0. The first-order valence-corrected chi connectivity index (χ1v) is 5.19. The number of benzene rings is 1. The Labute approximate surface area is 95.0 Å². The summed E-state index contributed by atoms with van der Waals surface area (Å²) in [6.45, 7) is 4.04. The van der Waals surface area contributed by atoms with E-state index >= 15 is 0 Å². The van der Waals surface area contributed by atoms with Gasteiger partial charge < -0.3 is 0 Å². The van der Waals surface area contributed by atoms with Crippen molar-refractivity contribution in [2.75, 3.05) is 0 Å². The summed E-state index contributed by atoms with van der Waals surface area (Å²) in [5, 5.41) is 0. The van der Waals surface area contributed by atoms with Gasteiger partial charge in [-0.05, 0) is 31.0 Å². The lowest BCUT2D eigenvalue weighted by molar-refractivity contribution is 0.112. The Morgan fingerprint density at radius 1 is 1.06 bits per heavy atom. The molecule has 0 fully saturated rings. The Morgan fingerprint density at radius 2 is 1.75 bits per heavy atom. The van der Waals surface area contributed by atoms with Crippen LogP contribution in [0.15, 0.2) is 36.5 Å². The summed E-state index contributed by atoms with van der Waals surface area (Å²) >= 11 is 0. The molecule has 2 rings (SSSR count). The predicted molar refractivity (Wildman–Crippen MR) is 64.5 cm³/mol. The molecule has 1 heterocycles. The van der Waals surface area contributed by atoms with E-state index in [9.17, 15) is 4.79 Å². The fourth-order valence-corrected chi connectivity index (χ4v) is 1.56. The van der Waals surface area contributed by atoms with Gasteiger partial charge in [-0.15, -0.1) is 0 Å². The second-order valence-electron chi connectivity index (χ2n) is 3.87. The van der Waals surface area contributed by atoms with Crippen molar-refractivity contribution >= 4 is 6.29 Å². The predicted octanol–water partition coefficient (Wildman–Crippen LogP) is 3.18. The van der Waals surface area contributed by atoms with Gasteiger partial charge in [-0.25, -0.2) is 0 Å². The summed E-state index contributed by atoms with van der Waals surface area (Å²) in [6, 6.07) is 9.62. The van der Waals surface area contributed by atoms with Crippen molar-refractivity contribution in [1.82, 2.24) is 4.98 Å². The topological polar surface area (TPSA) is 30.0 Å². The molecule has 1 aromatic carbocycles. The smallest absolute Gasteiger partial charge is 0.150 e. The lowest BCUT2D eigenvalue weighted by Gasteiger charge is -2.04. The molecule has 0 unspecified atom stereocenters. The number of aldehydes is 1. The molecule has 0 N–H and O–H groups in total. The monoisotopic (exact) mass is 211 g/mol. The van der Waals surface area contributed by atoms with Gasteiger partial charge in [-0.2, -0.15) is 0 Å². The Morgan fingerprint density at radius 3 is 2.31 bits per heavy atom. The molecule has 2 heteroatoms. The van der Waals surface area contributed by atoms with Crippen molar-refractivity contribution in [3.05, 3.63) is 53.3 Å². The van der Waals surface area contributed by atoms with E-state index in [0.29, 0.717) is 5.56 Å². The molecule has 0 aliphatic heterocycles. The zero-order chi connectivity index (χ0) is 11.5. The molecule has 0 atom stereocenters. The van der Waals surface area contributed by atoms with E-state index in [1.54, 1.807) is 0 Å². The number of carbonyl (C=O) groups is 1. The molecule has 16 heavy (non-hydrogen) atoms. The molecule has 0 aliphatic rings. The van der Waals surface area contributed by atoms with Crippen LogP contribution in [0.4, 0.5) is 0 Å². The second-order valence-corrected chi connectivity index (χ2v) is 3.87. The summed E-state index contributed by atoms with van der Waals surface area (Å²) in [6.07, 6.45) is 2.71. The van der Waals surface area contributed by atoms with Gasteiger partial charge >= 0.3 is 0 Å². The molecular weight excluding hydrogens is 198 g/mol. The van der Waals surface area contributed by atoms with Crippen LogP contribution in [0.5, 0.6) is 0 Å². The van der Waals surface area contributed by atoms with Crippen molar-refractivity contribution in [2.24, 2.45) is 0 Å². The van der Waals surface area contributed by atoms with Crippen LogP contribution in [0.3, 0.4) is 0 Å². The number of aryl methyl sites for hydroxylation is 2. The largest absolute Gasteiger partial charge is 0.298 e. The van der Waals surface area contributed by atoms with E-state index in [0.717, 1.165) is 23.1 Å². The van der Waals surface area contributed by atoms with Crippen LogP contribution in [0.2, 0.25) is 0 Å². The highest BCUT2D eigenvalue weighted by molar-refractivity contribution is 5.76. The highest BCUT2D eigenvalue weighted by Crippen LogP contribution is 2.20. The van der Waals surface area contributed by atoms with E-state index in [2.05, 4.69) is 11.1 Å². The van der Waals surface area contributed by atoms with E-state index in [1.165, 1.54) is 5.56 Å². The molecule has 1 aromatic heterocycles. The third-order valence-corrected chi connectivity index (χ3v) is 2.72. The van der Waals surface area contributed by atoms with Crippen LogP contribution in [-0.2, 0) is 0 Å². The van der Waals surface area contributed by atoms with Gasteiger partial charge in [0.2, 0.25) is 0 Å². The molecule has 0 bridgehead atoms. The Bertz CT molecular complexity index is 515. The molecule has 0 aliphatic carbocycles. The number of aromatic nitrogens is 1. The Hall–Kier alpha value is -1.96. The molecule has 0 radical (unpaired) electrons. The van der Waals surface area contributed by atoms with Crippen molar-refractivity contribution in [3.63, 3.8) is 0 Å². The van der Waals surface area contributed by atoms with Gasteiger partial charge in [0.05, 0.1) is 0 Å². The summed E-state index contributed by atoms with van der Waals surface area (Å²) in [5.41, 5.74) is 5.09. The maximum atomic E-state index is 10.5. The van der Waals surface area contributed by atoms with Crippen molar-refractivity contribution in [1.29, 1.82) is 0 Å². The Balaban J connectivity index is 2.42. The van der Waals surface area contributed by atoms with E-state index in [1.807, 2.05) is 44.3 Å². The molecule has 80 valence electrons. The van der Waals surface area contributed by atoms with Crippen LogP contribution in [0.25, 0.3) is 11.1 Å². The van der Waals surface area contributed by atoms with Crippen LogP contribution in [0, 0.1) is 13.8 Å². The zero-order valence-corrected chi connectivity index (χ0v) is 9.40. The van der Waals surface area contributed by atoms with Crippen LogP contribution >= 0.6 is 0 Å². The fraction of sp³-hybridized carbons (Fsp3) is 0.143. The third kappa shape index (κ3) is 2.01. The lowest BCUT2D eigenvalue weighted by atomic mass is 10.0. The quantitative estimate of drug-likeness (QED) is 0.714. The first-order chi connectivity index (χ1) is 7.70. The highest BCUT2D eigenvalue weighted by atomic mass is 16.1. The fourth-order valence-electron chi connectivity index (χ4n) is 1.56. The molecule has 0 saturated heterocycles. The van der Waals surface area contributed by atoms with Gasteiger partial charge in [0.25, 0.3) is 0 Å². The standard InChI is InChI=1S/C14H13NO/c1-10-7-14(8-15-11(10)2)13-5-3-12(9-16)4-6-13/h3-9H,1-2H3. The van der Waals surface area contributed by atoms with Gasteiger partial charge in [-0.3, -0.25) is 9.78 Å². The number of hydrogen-bond acceptors (Lipinski definition) is 2. The van der Waals surface area contributed by atoms with Gasteiger partial charge in [0.1, 0.15) is 6.29 Å². The minimum atomic E-state index is 0.695. The van der Waals surface area contributed by atoms with Crippen molar-refractivity contribution in [2.45, 2.75) is 13.8 Å². The van der Waals surface area contributed by atoms with Crippen LogP contribution in [0.1, 0.15) is 21.6 Å². The lowest BCUT2D eigenvalue weighted by Crippen LogP contribution is -1.88. The molecule has 2 aromatic rings. The SMILES string of the molecule is Cc1cc(-c2ccc(C=O)cc2)cnc1C. The maximum absolute atomic E-state index is 10.5. The number of hydrogen-bond donors (Lipinski definition) is 0. The Kier molecular flexibility index (Phi) is 2.82. The molecule has 0 spiro atoms. The van der Waals surface area contributed by atoms with E-state index in [4.69, 9.17) is 0 Å². The van der Waals surface area contributed by atoms with Crippen LogP contribution in [-0.4, -0.2) is 11.3 Å². The minimum absolute atomic E-state index is 0.695. The summed E-state index contributed by atoms with van der Waals surface area (Å²) in [4.78, 5) is 14.9. The van der Waals surface area contributed by atoms with Crippen LogP contribution < -0.4 is 0 Å². The number of pyridine rings is 1. The van der Waals surface area contributed by atoms with Gasteiger partial charge in [-0.1, -0.05) is 24.3 Å². The van der Waals surface area contributed by atoms with Gasteiger partial charge in [0.15, 0.2) is 0 Å². The van der Waals surface area contributed by atoms with E-state index in [-0.39, 0.29) is 0 Å². The normalized spacial score (nSPS) is 10.1. The number of nitrogens with zero attached hydrogens (tertiary/aromatic N) is 1. The molecule has 0 amide bonds. The first-order valence-electron chi connectivity index (χ1n) is 5.19. The van der Waals surface area contributed by atoms with Gasteiger partial charge in [0, 0.05) is 23.0 Å². The molecule has 2 nitrogen and oxygen atoms in total.